The molecule has 0 radical (unpaired) electrons. The van der Waals surface area contributed by atoms with Gasteiger partial charge in [-0.1, -0.05) is 36.0 Å². The molecule has 0 saturated carbocycles. The van der Waals surface area contributed by atoms with E-state index in [2.05, 4.69) is 23.1 Å². The number of nitrogens with zero attached hydrogens (tertiary/aromatic N) is 1. The van der Waals surface area contributed by atoms with Gasteiger partial charge in [-0.25, -0.2) is 0 Å². The van der Waals surface area contributed by atoms with E-state index in [9.17, 15) is 4.79 Å². The zero-order valence-electron chi connectivity index (χ0n) is 10.9. The quantitative estimate of drug-likeness (QED) is 0.841. The predicted octanol–water partition coefficient (Wildman–Crippen LogP) is 3.75. The molecular formula is C15H16ClNOS. The van der Waals surface area contributed by atoms with Crippen LogP contribution in [-0.2, 0) is 0 Å². The van der Waals surface area contributed by atoms with Crippen LogP contribution >= 0.6 is 24.2 Å². The van der Waals surface area contributed by atoms with Gasteiger partial charge in [-0.3, -0.25) is 4.79 Å². The van der Waals surface area contributed by atoms with Crippen LogP contribution < -0.4 is 0 Å². The van der Waals surface area contributed by atoms with E-state index in [4.69, 9.17) is 0 Å². The first-order valence-corrected chi connectivity index (χ1v) is 6.91. The second-order valence-corrected chi connectivity index (χ2v) is 6.12. The Labute approximate surface area is 123 Å². The van der Waals surface area contributed by atoms with Crippen LogP contribution in [0.5, 0.6) is 0 Å². The van der Waals surface area contributed by atoms with E-state index in [1.54, 1.807) is 0 Å². The van der Waals surface area contributed by atoms with Gasteiger partial charge in [-0.05, 0) is 42.6 Å². The molecule has 1 heterocycles. The van der Waals surface area contributed by atoms with Gasteiger partial charge in [0.05, 0.1) is 5.25 Å². The minimum absolute atomic E-state index is 0. The number of thioether (sulfide) groups is 1. The van der Waals surface area contributed by atoms with Crippen molar-refractivity contribution in [3.05, 3.63) is 47.5 Å². The van der Waals surface area contributed by atoms with Crippen molar-refractivity contribution in [2.24, 2.45) is 0 Å². The van der Waals surface area contributed by atoms with E-state index < -0.39 is 0 Å². The molecule has 2 nitrogen and oxygen atoms in total. The van der Waals surface area contributed by atoms with Crippen molar-refractivity contribution in [1.82, 2.24) is 4.90 Å². The molecule has 3 rings (SSSR count). The summed E-state index contributed by atoms with van der Waals surface area (Å²) >= 11 is 1.45. The van der Waals surface area contributed by atoms with Crippen LogP contribution in [-0.4, -0.2) is 30.7 Å². The van der Waals surface area contributed by atoms with E-state index in [0.29, 0.717) is 0 Å². The van der Waals surface area contributed by atoms with Gasteiger partial charge in [-0.15, -0.1) is 12.4 Å². The Morgan fingerprint density at radius 2 is 1.79 bits per heavy atom. The van der Waals surface area contributed by atoms with Gasteiger partial charge in [0.2, 0.25) is 5.12 Å². The third-order valence-electron chi connectivity index (χ3n) is 3.26. The molecule has 19 heavy (non-hydrogen) atoms. The molecule has 0 aromatic heterocycles. The number of rotatable bonds is 2. The SMILES string of the molecule is CN(C)CC1SC(=O)c2cc3ccccc3cc21.Cl. The monoisotopic (exact) mass is 293 g/mol. The molecular weight excluding hydrogens is 278 g/mol. The van der Waals surface area contributed by atoms with Crippen molar-refractivity contribution >= 4 is 40.1 Å². The first-order valence-electron chi connectivity index (χ1n) is 6.03. The van der Waals surface area contributed by atoms with Crippen LogP contribution in [0.2, 0.25) is 0 Å². The Morgan fingerprint density at radius 3 is 2.42 bits per heavy atom. The van der Waals surface area contributed by atoms with Crippen molar-refractivity contribution in [2.75, 3.05) is 20.6 Å². The van der Waals surface area contributed by atoms with Crippen molar-refractivity contribution in [1.29, 1.82) is 0 Å². The highest BCUT2D eigenvalue weighted by atomic mass is 35.5. The van der Waals surface area contributed by atoms with E-state index >= 15 is 0 Å². The van der Waals surface area contributed by atoms with E-state index in [0.717, 1.165) is 17.5 Å². The molecule has 2 aromatic rings. The fourth-order valence-electron chi connectivity index (χ4n) is 2.42. The predicted molar refractivity (Wildman–Crippen MR) is 84.4 cm³/mol. The third kappa shape index (κ3) is 2.64. The zero-order chi connectivity index (χ0) is 12.7. The lowest BCUT2D eigenvalue weighted by molar-refractivity contribution is 0.109. The Kier molecular flexibility index (Phi) is 4.19. The second-order valence-electron chi connectivity index (χ2n) is 4.94. The van der Waals surface area contributed by atoms with Crippen LogP contribution in [0.4, 0.5) is 0 Å². The molecule has 1 aliphatic rings. The van der Waals surface area contributed by atoms with Crippen LogP contribution in [0.3, 0.4) is 0 Å². The smallest absolute Gasteiger partial charge is 0.220 e. The maximum absolute atomic E-state index is 12.0. The molecule has 0 fully saturated rings. The third-order valence-corrected chi connectivity index (χ3v) is 4.39. The van der Waals surface area contributed by atoms with Gasteiger partial charge in [0, 0.05) is 12.1 Å². The second kappa shape index (κ2) is 5.53. The molecule has 2 aromatic carbocycles. The molecule has 1 aliphatic heterocycles. The standard InChI is InChI=1S/C15H15NOS.ClH/c1-16(2)9-14-12-7-10-5-3-4-6-11(10)8-13(12)15(17)18-14;/h3-8,14H,9H2,1-2H3;1H. The summed E-state index contributed by atoms with van der Waals surface area (Å²) in [5.41, 5.74) is 2.09. The summed E-state index contributed by atoms with van der Waals surface area (Å²) in [7, 11) is 4.09. The van der Waals surface area contributed by atoms with Crippen molar-refractivity contribution < 1.29 is 4.79 Å². The molecule has 0 aliphatic carbocycles. The Balaban J connectivity index is 0.00000133. The largest absolute Gasteiger partial charge is 0.308 e. The van der Waals surface area contributed by atoms with E-state index in [1.165, 1.54) is 22.7 Å². The number of likely N-dealkylation sites (N-methyl/N-ethyl adjacent to an activating group) is 1. The highest BCUT2D eigenvalue weighted by Crippen LogP contribution is 2.43. The lowest BCUT2D eigenvalue weighted by Crippen LogP contribution is -2.17. The molecule has 100 valence electrons. The first kappa shape index (κ1) is 14.4. The summed E-state index contributed by atoms with van der Waals surface area (Å²) in [6.07, 6.45) is 0. The Bertz CT molecular complexity index is 627. The summed E-state index contributed by atoms with van der Waals surface area (Å²) in [6.45, 7) is 0.905. The molecule has 1 unspecified atom stereocenters. The van der Waals surface area contributed by atoms with Gasteiger partial charge >= 0.3 is 0 Å². The lowest BCUT2D eigenvalue weighted by atomic mass is 9.99. The minimum atomic E-state index is 0. The lowest BCUT2D eigenvalue weighted by Gasteiger charge is -2.15. The van der Waals surface area contributed by atoms with Gasteiger partial charge in [0.1, 0.15) is 0 Å². The maximum atomic E-state index is 12.0. The minimum Gasteiger partial charge on any atom is -0.308 e. The summed E-state index contributed by atoms with van der Waals surface area (Å²) in [5, 5.41) is 2.85. The van der Waals surface area contributed by atoms with Crippen molar-refractivity contribution in [2.45, 2.75) is 5.25 Å². The van der Waals surface area contributed by atoms with Crippen molar-refractivity contribution in [3.63, 3.8) is 0 Å². The fraction of sp³-hybridized carbons (Fsp3) is 0.267. The van der Waals surface area contributed by atoms with Gasteiger partial charge in [0.25, 0.3) is 0 Å². The molecule has 0 N–H and O–H groups in total. The van der Waals surface area contributed by atoms with Crippen LogP contribution in [0.1, 0.15) is 21.2 Å². The normalized spacial score (nSPS) is 17.6. The fourth-order valence-corrected chi connectivity index (χ4v) is 3.68. The number of hydrogen-bond acceptors (Lipinski definition) is 3. The molecule has 1 atom stereocenters. The highest BCUT2D eigenvalue weighted by molar-refractivity contribution is 8.14. The van der Waals surface area contributed by atoms with E-state index in [1.807, 2.05) is 32.3 Å². The molecule has 0 bridgehead atoms. The molecule has 0 spiro atoms. The van der Waals surface area contributed by atoms with Crippen LogP contribution in [0, 0.1) is 0 Å². The Morgan fingerprint density at radius 1 is 1.16 bits per heavy atom. The number of carbonyl (C=O) groups excluding carboxylic acids is 1. The number of benzene rings is 2. The number of halogens is 1. The summed E-state index contributed by atoms with van der Waals surface area (Å²) in [6, 6.07) is 12.4. The highest BCUT2D eigenvalue weighted by Gasteiger charge is 2.30. The van der Waals surface area contributed by atoms with Gasteiger partial charge in [-0.2, -0.15) is 0 Å². The molecule has 0 amide bonds. The van der Waals surface area contributed by atoms with Gasteiger partial charge < -0.3 is 4.90 Å². The number of carbonyl (C=O) groups is 1. The van der Waals surface area contributed by atoms with Crippen molar-refractivity contribution in [3.8, 4) is 0 Å². The number of hydrogen-bond donors (Lipinski definition) is 0. The molecule has 4 heteroatoms. The zero-order valence-corrected chi connectivity index (χ0v) is 12.6. The summed E-state index contributed by atoms with van der Waals surface area (Å²) in [5.74, 6) is 0. The average Bonchev–Trinajstić information content (AvgIpc) is 2.63. The molecule has 0 saturated heterocycles. The topological polar surface area (TPSA) is 20.3 Å². The average molecular weight is 294 g/mol. The van der Waals surface area contributed by atoms with Crippen LogP contribution in [0.15, 0.2) is 36.4 Å². The summed E-state index contributed by atoms with van der Waals surface area (Å²) < 4.78 is 0. The van der Waals surface area contributed by atoms with Crippen LogP contribution in [0.25, 0.3) is 10.8 Å². The first-order chi connectivity index (χ1) is 8.65. The Hall–Kier alpha value is -1.03. The summed E-state index contributed by atoms with van der Waals surface area (Å²) in [4.78, 5) is 14.2. The van der Waals surface area contributed by atoms with Gasteiger partial charge in [0.15, 0.2) is 0 Å². The maximum Gasteiger partial charge on any atom is 0.220 e. The van der Waals surface area contributed by atoms with E-state index in [-0.39, 0.29) is 22.8 Å². The number of fused-ring (bicyclic) bond motifs is 2.